The predicted molar refractivity (Wildman–Crippen MR) is 43.4 cm³/mol. The molecule has 1 unspecified atom stereocenters. The maximum absolute atomic E-state index is 5.29. The van der Waals surface area contributed by atoms with Gasteiger partial charge in [-0.3, -0.25) is 4.90 Å². The highest BCUT2D eigenvalue weighted by Crippen LogP contribution is 2.11. The first-order chi connectivity index (χ1) is 5.47. The zero-order valence-electron chi connectivity index (χ0n) is 6.88. The number of nitrogens with one attached hydrogen (secondary N) is 1. The number of morpholine rings is 1. The molecular formula is C8H16N2O. The summed E-state index contributed by atoms with van der Waals surface area (Å²) >= 11 is 0. The molecule has 3 nitrogen and oxygen atoms in total. The molecule has 2 aliphatic rings. The van der Waals surface area contributed by atoms with Crippen molar-refractivity contribution in [2.24, 2.45) is 0 Å². The lowest BCUT2D eigenvalue weighted by atomic mass is 10.3. The average molecular weight is 156 g/mol. The Morgan fingerprint density at radius 1 is 1.27 bits per heavy atom. The molecule has 2 heterocycles. The summed E-state index contributed by atoms with van der Waals surface area (Å²) in [6.07, 6.45) is 3.31. The van der Waals surface area contributed by atoms with Crippen LogP contribution in [0.25, 0.3) is 0 Å². The van der Waals surface area contributed by atoms with Gasteiger partial charge in [0.25, 0.3) is 0 Å². The molecule has 0 saturated carbocycles. The minimum atomic E-state index is 0.652. The summed E-state index contributed by atoms with van der Waals surface area (Å²) in [6, 6.07) is 0. The molecule has 0 radical (unpaired) electrons. The van der Waals surface area contributed by atoms with Crippen molar-refractivity contribution >= 4 is 0 Å². The summed E-state index contributed by atoms with van der Waals surface area (Å²) in [4.78, 5) is 2.50. The van der Waals surface area contributed by atoms with Crippen LogP contribution in [0, 0.1) is 0 Å². The molecule has 2 fully saturated rings. The van der Waals surface area contributed by atoms with E-state index >= 15 is 0 Å². The molecule has 0 aliphatic carbocycles. The van der Waals surface area contributed by atoms with Crippen molar-refractivity contribution in [3.05, 3.63) is 0 Å². The average Bonchev–Trinajstić information content (AvgIpc) is 2.58. The molecule has 0 aromatic rings. The van der Waals surface area contributed by atoms with Gasteiger partial charge in [0, 0.05) is 13.1 Å². The lowest BCUT2D eigenvalue weighted by molar-refractivity contribution is 0.0134. The lowest BCUT2D eigenvalue weighted by Crippen LogP contribution is -2.47. The smallest absolute Gasteiger partial charge is 0.0599 e. The first-order valence-electron chi connectivity index (χ1n) is 4.52. The fourth-order valence-corrected chi connectivity index (χ4v) is 1.87. The quantitative estimate of drug-likeness (QED) is 0.579. The van der Waals surface area contributed by atoms with Crippen molar-refractivity contribution in [3.63, 3.8) is 0 Å². The van der Waals surface area contributed by atoms with Crippen LogP contribution in [0.1, 0.15) is 12.8 Å². The van der Waals surface area contributed by atoms with E-state index in [9.17, 15) is 0 Å². The third-order valence-electron chi connectivity index (χ3n) is 2.52. The second-order valence-corrected chi connectivity index (χ2v) is 3.26. The van der Waals surface area contributed by atoms with Crippen molar-refractivity contribution in [1.82, 2.24) is 10.2 Å². The van der Waals surface area contributed by atoms with Gasteiger partial charge >= 0.3 is 0 Å². The van der Waals surface area contributed by atoms with Gasteiger partial charge in [0.1, 0.15) is 0 Å². The first-order valence-corrected chi connectivity index (χ1v) is 4.52. The van der Waals surface area contributed by atoms with Gasteiger partial charge in [-0.25, -0.2) is 0 Å². The topological polar surface area (TPSA) is 24.5 Å². The van der Waals surface area contributed by atoms with Gasteiger partial charge in [-0.05, 0) is 19.4 Å². The van der Waals surface area contributed by atoms with Crippen LogP contribution >= 0.6 is 0 Å². The van der Waals surface area contributed by atoms with Gasteiger partial charge in [-0.15, -0.1) is 0 Å². The molecule has 1 atom stereocenters. The Morgan fingerprint density at radius 2 is 2.09 bits per heavy atom. The normalized spacial score (nSPS) is 34.4. The second kappa shape index (κ2) is 3.52. The monoisotopic (exact) mass is 156 g/mol. The van der Waals surface area contributed by atoms with E-state index in [-0.39, 0.29) is 0 Å². The van der Waals surface area contributed by atoms with Crippen molar-refractivity contribution in [2.75, 3.05) is 32.8 Å². The summed E-state index contributed by atoms with van der Waals surface area (Å²) in [5, 5.41) is 3.50. The summed E-state index contributed by atoms with van der Waals surface area (Å²) in [5.74, 6) is 0. The molecule has 0 aromatic heterocycles. The Balaban J connectivity index is 1.82. The van der Waals surface area contributed by atoms with Gasteiger partial charge in [0.2, 0.25) is 0 Å². The van der Waals surface area contributed by atoms with Crippen LogP contribution in [-0.4, -0.2) is 43.9 Å². The standard InChI is InChI=1S/C8H16N2O/c1-2-8(9-3-1)10-4-6-11-7-5-10/h8-9H,1-7H2. The van der Waals surface area contributed by atoms with Crippen LogP contribution in [0.5, 0.6) is 0 Å². The number of nitrogens with zero attached hydrogens (tertiary/aromatic N) is 1. The fraction of sp³-hybridized carbons (Fsp3) is 1.00. The third kappa shape index (κ3) is 1.72. The van der Waals surface area contributed by atoms with Crippen LogP contribution < -0.4 is 5.32 Å². The van der Waals surface area contributed by atoms with E-state index in [2.05, 4.69) is 10.2 Å². The van der Waals surface area contributed by atoms with Crippen molar-refractivity contribution < 1.29 is 4.74 Å². The van der Waals surface area contributed by atoms with E-state index < -0.39 is 0 Å². The first kappa shape index (κ1) is 7.53. The van der Waals surface area contributed by atoms with E-state index in [0.717, 1.165) is 26.3 Å². The largest absolute Gasteiger partial charge is 0.379 e. The Labute approximate surface area is 67.7 Å². The summed E-state index contributed by atoms with van der Waals surface area (Å²) in [6.45, 7) is 5.24. The molecule has 0 aromatic carbocycles. The van der Waals surface area contributed by atoms with Gasteiger partial charge in [-0.2, -0.15) is 0 Å². The van der Waals surface area contributed by atoms with Gasteiger partial charge in [0.15, 0.2) is 0 Å². The van der Waals surface area contributed by atoms with Gasteiger partial charge < -0.3 is 10.1 Å². The number of hydrogen-bond acceptors (Lipinski definition) is 3. The Kier molecular flexibility index (Phi) is 2.41. The Morgan fingerprint density at radius 3 is 2.73 bits per heavy atom. The summed E-state index contributed by atoms with van der Waals surface area (Å²) in [7, 11) is 0. The summed E-state index contributed by atoms with van der Waals surface area (Å²) < 4.78 is 5.29. The van der Waals surface area contributed by atoms with Crippen LogP contribution in [0.2, 0.25) is 0 Å². The molecule has 0 amide bonds. The zero-order valence-corrected chi connectivity index (χ0v) is 6.88. The molecule has 2 rings (SSSR count). The Hall–Kier alpha value is -0.120. The lowest BCUT2D eigenvalue weighted by Gasteiger charge is -2.31. The molecule has 1 N–H and O–H groups in total. The number of rotatable bonds is 1. The van der Waals surface area contributed by atoms with E-state index in [1.807, 2.05) is 0 Å². The molecule has 3 heteroatoms. The van der Waals surface area contributed by atoms with Gasteiger partial charge in [0.05, 0.1) is 19.4 Å². The molecule has 2 saturated heterocycles. The van der Waals surface area contributed by atoms with Crippen LogP contribution in [0.4, 0.5) is 0 Å². The third-order valence-corrected chi connectivity index (χ3v) is 2.52. The highest BCUT2D eigenvalue weighted by atomic mass is 16.5. The minimum absolute atomic E-state index is 0.652. The Bertz CT molecular complexity index is 117. The molecule has 0 bridgehead atoms. The SMILES string of the molecule is C1CNC(N2CCOCC2)C1. The molecule has 64 valence electrons. The number of ether oxygens (including phenoxy) is 1. The van der Waals surface area contributed by atoms with Crippen molar-refractivity contribution in [3.8, 4) is 0 Å². The van der Waals surface area contributed by atoms with Crippen LogP contribution in [-0.2, 0) is 4.74 Å². The second-order valence-electron chi connectivity index (χ2n) is 3.26. The molecular weight excluding hydrogens is 140 g/mol. The van der Waals surface area contributed by atoms with Gasteiger partial charge in [-0.1, -0.05) is 0 Å². The minimum Gasteiger partial charge on any atom is -0.379 e. The fourth-order valence-electron chi connectivity index (χ4n) is 1.87. The zero-order chi connectivity index (χ0) is 7.52. The van der Waals surface area contributed by atoms with E-state index in [4.69, 9.17) is 4.74 Å². The van der Waals surface area contributed by atoms with E-state index in [1.54, 1.807) is 0 Å². The van der Waals surface area contributed by atoms with Crippen LogP contribution in [0.3, 0.4) is 0 Å². The number of hydrogen-bond donors (Lipinski definition) is 1. The molecule has 0 spiro atoms. The molecule has 2 aliphatic heterocycles. The maximum atomic E-state index is 5.29. The predicted octanol–water partition coefficient (Wildman–Crippen LogP) is 0.0281. The molecule has 11 heavy (non-hydrogen) atoms. The van der Waals surface area contributed by atoms with E-state index in [0.29, 0.717) is 6.17 Å². The highest BCUT2D eigenvalue weighted by molar-refractivity contribution is 4.76. The van der Waals surface area contributed by atoms with E-state index in [1.165, 1.54) is 19.4 Å². The highest BCUT2D eigenvalue weighted by Gasteiger charge is 2.22. The maximum Gasteiger partial charge on any atom is 0.0599 e. The van der Waals surface area contributed by atoms with Crippen molar-refractivity contribution in [1.29, 1.82) is 0 Å². The van der Waals surface area contributed by atoms with Crippen molar-refractivity contribution in [2.45, 2.75) is 19.0 Å². The van der Waals surface area contributed by atoms with Crippen LogP contribution in [0.15, 0.2) is 0 Å². The summed E-state index contributed by atoms with van der Waals surface area (Å²) in [5.41, 5.74) is 0.